The van der Waals surface area contributed by atoms with Crippen molar-refractivity contribution in [3.05, 3.63) is 71.2 Å². The van der Waals surface area contributed by atoms with E-state index in [4.69, 9.17) is 5.73 Å². The Balaban J connectivity index is 1.20. The number of rotatable bonds is 6. The number of aromatic nitrogens is 8. The molecule has 5 aromatic rings. The van der Waals surface area contributed by atoms with E-state index < -0.39 is 0 Å². The Morgan fingerprint density at radius 2 is 1.74 bits per heavy atom. The molecule has 12 nitrogen and oxygen atoms in total. The van der Waals surface area contributed by atoms with Gasteiger partial charge in [-0.3, -0.25) is 9.88 Å². The van der Waals surface area contributed by atoms with Gasteiger partial charge in [0.1, 0.15) is 5.82 Å². The van der Waals surface area contributed by atoms with E-state index >= 15 is 0 Å². The highest BCUT2D eigenvalue weighted by molar-refractivity contribution is 5.89. The van der Waals surface area contributed by atoms with Crippen LogP contribution in [-0.4, -0.2) is 76.5 Å². The van der Waals surface area contributed by atoms with Crippen LogP contribution >= 0.6 is 0 Å². The summed E-state index contributed by atoms with van der Waals surface area (Å²) in [6, 6.07) is 9.72. The zero-order chi connectivity index (χ0) is 23.8. The molecule has 0 radical (unpaired) electrons. The normalized spacial score (nSPS) is 14.8. The molecule has 35 heavy (non-hydrogen) atoms. The zero-order valence-corrected chi connectivity index (χ0v) is 19.1. The Bertz CT molecular complexity index is 1520. The summed E-state index contributed by atoms with van der Waals surface area (Å²) in [6.45, 7) is 5.48. The van der Waals surface area contributed by atoms with E-state index in [2.05, 4.69) is 34.9 Å². The molecule has 4 aromatic heterocycles. The second kappa shape index (κ2) is 8.80. The van der Waals surface area contributed by atoms with Crippen LogP contribution in [0.5, 0.6) is 0 Å². The lowest BCUT2D eigenvalue weighted by molar-refractivity contribution is 0.245. The fourth-order valence-electron chi connectivity index (χ4n) is 4.52. The standard InChI is InChI=1S/C23H25N11O/c24-22-28-20-18(21-29-33(23(35)34(21)22)16-17-4-2-1-3-5-17)14-27-32(20)13-10-30-8-11-31(12-9-30)19-15-25-6-7-26-19/h1-7,14-15H,8-13,16H2,(H2,24,28). The van der Waals surface area contributed by atoms with Gasteiger partial charge in [-0.2, -0.15) is 10.1 Å². The van der Waals surface area contributed by atoms with Crippen LogP contribution in [0, 0.1) is 0 Å². The van der Waals surface area contributed by atoms with Crippen LogP contribution < -0.4 is 16.3 Å². The van der Waals surface area contributed by atoms with E-state index in [1.807, 2.05) is 35.0 Å². The van der Waals surface area contributed by atoms with Crippen molar-refractivity contribution in [2.45, 2.75) is 13.1 Å². The predicted molar refractivity (Wildman–Crippen MR) is 131 cm³/mol. The summed E-state index contributed by atoms with van der Waals surface area (Å²) in [7, 11) is 0. The second-order valence-corrected chi connectivity index (χ2v) is 8.55. The van der Waals surface area contributed by atoms with Crippen molar-refractivity contribution in [2.75, 3.05) is 43.4 Å². The van der Waals surface area contributed by atoms with Crippen LogP contribution in [0.2, 0.25) is 0 Å². The molecule has 1 saturated heterocycles. The molecule has 0 atom stereocenters. The maximum absolute atomic E-state index is 13.0. The van der Waals surface area contributed by atoms with Crippen LogP contribution in [0.3, 0.4) is 0 Å². The number of hydrogen-bond donors (Lipinski definition) is 1. The summed E-state index contributed by atoms with van der Waals surface area (Å²) in [5.74, 6) is 1.02. The van der Waals surface area contributed by atoms with Gasteiger partial charge < -0.3 is 10.6 Å². The minimum atomic E-state index is -0.315. The molecule has 0 saturated carbocycles. The number of piperazine rings is 1. The van der Waals surface area contributed by atoms with Gasteiger partial charge in [-0.1, -0.05) is 30.3 Å². The Kier molecular flexibility index (Phi) is 5.34. The fraction of sp³-hybridized carbons (Fsp3) is 0.304. The highest BCUT2D eigenvalue weighted by Gasteiger charge is 2.20. The molecule has 1 aliphatic heterocycles. The zero-order valence-electron chi connectivity index (χ0n) is 19.1. The molecule has 12 heteroatoms. The van der Waals surface area contributed by atoms with E-state index in [0.717, 1.165) is 44.1 Å². The number of fused-ring (bicyclic) bond motifs is 3. The summed E-state index contributed by atoms with van der Waals surface area (Å²) in [6.07, 6.45) is 6.92. The van der Waals surface area contributed by atoms with Gasteiger partial charge in [0.2, 0.25) is 5.95 Å². The van der Waals surface area contributed by atoms with Gasteiger partial charge >= 0.3 is 5.69 Å². The number of anilines is 2. The Hall–Kier alpha value is -4.32. The summed E-state index contributed by atoms with van der Waals surface area (Å²) < 4.78 is 4.60. The number of benzene rings is 1. The van der Waals surface area contributed by atoms with E-state index in [-0.39, 0.29) is 11.6 Å². The van der Waals surface area contributed by atoms with Crippen molar-refractivity contribution >= 4 is 28.4 Å². The van der Waals surface area contributed by atoms with Crippen LogP contribution in [0.25, 0.3) is 16.7 Å². The Labute approximate surface area is 200 Å². The smallest absolute Gasteiger partial charge is 0.353 e. The SMILES string of the molecule is Nc1nc2c(cnn2CCN2CCN(c3cnccn3)CC2)c2nn(Cc3ccccc3)c(=O)n12. The van der Waals surface area contributed by atoms with Gasteiger partial charge in [-0.25, -0.2) is 23.5 Å². The topological polar surface area (TPSA) is 128 Å². The summed E-state index contributed by atoms with van der Waals surface area (Å²) in [5, 5.41) is 9.80. The van der Waals surface area contributed by atoms with Crippen molar-refractivity contribution in [3.63, 3.8) is 0 Å². The van der Waals surface area contributed by atoms with Crippen molar-refractivity contribution in [2.24, 2.45) is 0 Å². The first-order valence-electron chi connectivity index (χ1n) is 11.6. The first kappa shape index (κ1) is 21.2. The summed E-state index contributed by atoms with van der Waals surface area (Å²) >= 11 is 0. The fourth-order valence-corrected chi connectivity index (χ4v) is 4.52. The third-order valence-electron chi connectivity index (χ3n) is 6.39. The molecular weight excluding hydrogens is 446 g/mol. The van der Waals surface area contributed by atoms with Gasteiger partial charge in [0.05, 0.1) is 30.9 Å². The van der Waals surface area contributed by atoms with Gasteiger partial charge in [0.15, 0.2) is 11.3 Å². The number of nitrogens with two attached hydrogens (primary N) is 1. The molecule has 1 aliphatic rings. The predicted octanol–water partition coefficient (Wildman–Crippen LogP) is 0.483. The highest BCUT2D eigenvalue weighted by atomic mass is 16.2. The van der Waals surface area contributed by atoms with Crippen LogP contribution in [-0.2, 0) is 13.1 Å². The van der Waals surface area contributed by atoms with Crippen molar-refractivity contribution in [1.29, 1.82) is 0 Å². The third-order valence-corrected chi connectivity index (χ3v) is 6.39. The Morgan fingerprint density at radius 1 is 0.914 bits per heavy atom. The summed E-state index contributed by atoms with van der Waals surface area (Å²) in [4.78, 5) is 30.7. The third kappa shape index (κ3) is 3.97. The molecule has 1 aromatic carbocycles. The number of hydrogen-bond acceptors (Lipinski definition) is 9. The van der Waals surface area contributed by atoms with Gasteiger partial charge in [0, 0.05) is 45.1 Å². The van der Waals surface area contributed by atoms with Gasteiger partial charge in [-0.15, -0.1) is 5.10 Å². The quantitative estimate of drug-likeness (QED) is 0.376. The molecule has 0 unspecified atom stereocenters. The van der Waals surface area contributed by atoms with Crippen molar-refractivity contribution in [3.8, 4) is 0 Å². The minimum Gasteiger partial charge on any atom is -0.369 e. The molecule has 1 fully saturated rings. The van der Waals surface area contributed by atoms with Crippen LogP contribution in [0.1, 0.15) is 5.56 Å². The maximum atomic E-state index is 13.0. The lowest BCUT2D eigenvalue weighted by atomic mass is 10.2. The van der Waals surface area contributed by atoms with E-state index in [0.29, 0.717) is 29.8 Å². The first-order chi connectivity index (χ1) is 17.2. The van der Waals surface area contributed by atoms with Gasteiger partial charge in [0.25, 0.3) is 0 Å². The van der Waals surface area contributed by atoms with E-state index in [1.165, 1.54) is 9.08 Å². The molecule has 178 valence electrons. The maximum Gasteiger partial charge on any atom is 0.353 e. The van der Waals surface area contributed by atoms with E-state index in [9.17, 15) is 4.79 Å². The molecule has 5 heterocycles. The molecule has 0 aliphatic carbocycles. The summed E-state index contributed by atoms with van der Waals surface area (Å²) in [5.41, 5.74) is 7.96. The average Bonchev–Trinajstić information content (AvgIpc) is 3.45. The van der Waals surface area contributed by atoms with Crippen LogP contribution in [0.15, 0.2) is 59.9 Å². The largest absolute Gasteiger partial charge is 0.369 e. The lowest BCUT2D eigenvalue weighted by Crippen LogP contribution is -2.47. The van der Waals surface area contributed by atoms with Crippen molar-refractivity contribution < 1.29 is 0 Å². The molecule has 0 spiro atoms. The number of nitrogens with zero attached hydrogens (tertiary/aromatic N) is 10. The van der Waals surface area contributed by atoms with Crippen LogP contribution in [0.4, 0.5) is 11.8 Å². The monoisotopic (exact) mass is 471 g/mol. The highest BCUT2D eigenvalue weighted by Crippen LogP contribution is 2.19. The minimum absolute atomic E-state index is 0.108. The molecule has 0 bridgehead atoms. The lowest BCUT2D eigenvalue weighted by Gasteiger charge is -2.35. The van der Waals surface area contributed by atoms with Crippen molar-refractivity contribution in [1.82, 2.24) is 43.8 Å². The Morgan fingerprint density at radius 3 is 2.51 bits per heavy atom. The first-order valence-corrected chi connectivity index (χ1v) is 11.6. The molecular formula is C23H25N11O. The number of nitrogen functional groups attached to an aromatic ring is 1. The average molecular weight is 472 g/mol. The molecule has 2 N–H and O–H groups in total. The molecule has 6 rings (SSSR count). The molecule has 0 amide bonds. The van der Waals surface area contributed by atoms with Gasteiger partial charge in [-0.05, 0) is 5.56 Å². The van der Waals surface area contributed by atoms with E-state index in [1.54, 1.807) is 24.8 Å². The second-order valence-electron chi connectivity index (χ2n) is 8.55.